The Bertz CT molecular complexity index is 1770. The summed E-state index contributed by atoms with van der Waals surface area (Å²) in [5.74, 6) is -2.72. The number of aliphatic hydroxyl groups is 1. The molecule has 0 aromatic heterocycles. The first-order valence-electron chi connectivity index (χ1n) is 15.7. The molecule has 4 aromatic carbocycles. The van der Waals surface area contributed by atoms with Gasteiger partial charge in [0.15, 0.2) is 17.6 Å². The Balaban J connectivity index is 1.31. The van der Waals surface area contributed by atoms with E-state index in [2.05, 4.69) is 0 Å². The zero-order chi connectivity index (χ0) is 34.0. The number of aliphatic hydroxyl groups excluding tert-OH is 1. The fourth-order valence-electron chi connectivity index (χ4n) is 5.28. The van der Waals surface area contributed by atoms with Crippen molar-refractivity contribution in [3.05, 3.63) is 142 Å². The second-order valence-corrected chi connectivity index (χ2v) is 11.0. The minimum Gasteiger partial charge on any atom is -0.507 e. The molecule has 0 amide bonds. The fraction of sp³-hybridized carbons (Fsp3) is 0.237. The molecule has 1 aliphatic rings. The lowest BCUT2D eigenvalue weighted by Gasteiger charge is -2.21. The van der Waals surface area contributed by atoms with Crippen LogP contribution in [0.15, 0.2) is 115 Å². The summed E-state index contributed by atoms with van der Waals surface area (Å²) in [6.07, 6.45) is -2.85. The maximum Gasteiger partial charge on any atom is 0.378 e. The predicted molar refractivity (Wildman–Crippen MR) is 177 cm³/mol. The first-order valence-corrected chi connectivity index (χ1v) is 15.7. The second-order valence-electron chi connectivity index (χ2n) is 11.0. The lowest BCUT2D eigenvalue weighted by molar-refractivity contribution is -0.149. The molecule has 1 aliphatic heterocycles. The van der Waals surface area contributed by atoms with Gasteiger partial charge in [-0.05, 0) is 43.2 Å². The van der Waals surface area contributed by atoms with Gasteiger partial charge in [0.25, 0.3) is 0 Å². The number of anilines is 1. The Hall–Kier alpha value is -5.61. The summed E-state index contributed by atoms with van der Waals surface area (Å²) in [5, 5.41) is 21.8. The smallest absolute Gasteiger partial charge is 0.378 e. The topological polar surface area (TPSA) is 132 Å². The molecule has 0 aliphatic carbocycles. The SMILES string of the molecule is CCN(CC)c1ccc(C(=O)c2ccccc2C(=O)OCC(O)C2OC(=O)C(OCc3ccccc3)=C2OCc2ccccc2)c(O)c1. The number of phenols is 1. The van der Waals surface area contributed by atoms with Gasteiger partial charge in [-0.2, -0.15) is 0 Å². The Labute approximate surface area is 278 Å². The van der Waals surface area contributed by atoms with Crippen LogP contribution in [0.5, 0.6) is 5.75 Å². The third kappa shape index (κ3) is 7.84. The molecule has 0 fully saturated rings. The number of esters is 2. The highest BCUT2D eigenvalue weighted by atomic mass is 16.6. The first-order chi connectivity index (χ1) is 23.3. The number of carbonyl (C=O) groups is 3. The van der Waals surface area contributed by atoms with E-state index in [1.165, 1.54) is 24.3 Å². The molecule has 2 N–H and O–H groups in total. The Morgan fingerprint density at radius 3 is 1.98 bits per heavy atom. The van der Waals surface area contributed by atoms with Crippen LogP contribution in [0.25, 0.3) is 0 Å². The summed E-state index contributed by atoms with van der Waals surface area (Å²) >= 11 is 0. The molecular formula is C38H37NO9. The van der Waals surface area contributed by atoms with Crippen LogP contribution in [0.1, 0.15) is 51.3 Å². The van der Waals surface area contributed by atoms with Gasteiger partial charge in [-0.25, -0.2) is 9.59 Å². The van der Waals surface area contributed by atoms with Crippen LogP contribution in [-0.2, 0) is 37.0 Å². The highest BCUT2D eigenvalue weighted by Crippen LogP contribution is 2.30. The van der Waals surface area contributed by atoms with Crippen molar-refractivity contribution in [2.45, 2.75) is 39.3 Å². The number of nitrogens with zero attached hydrogens (tertiary/aromatic N) is 1. The fourth-order valence-corrected chi connectivity index (χ4v) is 5.28. The molecule has 0 radical (unpaired) electrons. The molecule has 0 saturated carbocycles. The van der Waals surface area contributed by atoms with Crippen molar-refractivity contribution in [3.8, 4) is 5.75 Å². The number of ketones is 1. The van der Waals surface area contributed by atoms with Crippen molar-refractivity contribution >= 4 is 23.4 Å². The largest absolute Gasteiger partial charge is 0.507 e. The van der Waals surface area contributed by atoms with E-state index in [-0.39, 0.29) is 47.2 Å². The molecule has 2 unspecified atom stereocenters. The molecule has 0 bridgehead atoms. The van der Waals surface area contributed by atoms with Gasteiger partial charge in [0.05, 0.1) is 11.1 Å². The summed E-state index contributed by atoms with van der Waals surface area (Å²) in [7, 11) is 0. The van der Waals surface area contributed by atoms with E-state index in [0.717, 1.165) is 29.9 Å². The number of hydrogen-bond donors (Lipinski definition) is 2. The molecule has 10 heteroatoms. The molecule has 1 heterocycles. The van der Waals surface area contributed by atoms with Crippen molar-refractivity contribution in [2.24, 2.45) is 0 Å². The van der Waals surface area contributed by atoms with Crippen molar-refractivity contribution in [1.82, 2.24) is 0 Å². The number of phenolic OH excluding ortho intramolecular Hbond substituents is 1. The molecule has 0 spiro atoms. The predicted octanol–water partition coefficient (Wildman–Crippen LogP) is 5.56. The van der Waals surface area contributed by atoms with Crippen molar-refractivity contribution in [2.75, 3.05) is 24.6 Å². The lowest BCUT2D eigenvalue weighted by Crippen LogP contribution is -2.34. The van der Waals surface area contributed by atoms with Crippen LogP contribution < -0.4 is 4.90 Å². The third-order valence-electron chi connectivity index (χ3n) is 7.85. The Morgan fingerprint density at radius 2 is 1.38 bits per heavy atom. The number of ether oxygens (including phenoxy) is 4. The monoisotopic (exact) mass is 651 g/mol. The van der Waals surface area contributed by atoms with Crippen molar-refractivity contribution in [1.29, 1.82) is 0 Å². The van der Waals surface area contributed by atoms with Gasteiger partial charge in [0, 0.05) is 30.4 Å². The van der Waals surface area contributed by atoms with E-state index >= 15 is 0 Å². The number of hydrogen-bond acceptors (Lipinski definition) is 10. The average molecular weight is 652 g/mol. The van der Waals surface area contributed by atoms with E-state index in [0.29, 0.717) is 0 Å². The lowest BCUT2D eigenvalue weighted by atomic mass is 9.97. The maximum absolute atomic E-state index is 13.5. The highest BCUT2D eigenvalue weighted by molar-refractivity contribution is 6.15. The van der Waals surface area contributed by atoms with E-state index in [9.17, 15) is 24.6 Å². The molecular weight excluding hydrogens is 614 g/mol. The normalized spacial score (nSPS) is 14.6. The molecule has 5 rings (SSSR count). The number of benzene rings is 4. The summed E-state index contributed by atoms with van der Waals surface area (Å²) in [5.41, 5.74) is 2.35. The number of carbonyl (C=O) groups excluding carboxylic acids is 3. The van der Waals surface area contributed by atoms with Gasteiger partial charge < -0.3 is 34.1 Å². The van der Waals surface area contributed by atoms with E-state index in [1.807, 2.05) is 79.4 Å². The van der Waals surface area contributed by atoms with Crippen LogP contribution in [-0.4, -0.2) is 59.8 Å². The zero-order valence-electron chi connectivity index (χ0n) is 26.7. The quantitative estimate of drug-likeness (QED) is 0.124. The van der Waals surface area contributed by atoms with Gasteiger partial charge in [-0.3, -0.25) is 4.79 Å². The van der Waals surface area contributed by atoms with Crippen LogP contribution >= 0.6 is 0 Å². The maximum atomic E-state index is 13.5. The third-order valence-corrected chi connectivity index (χ3v) is 7.85. The van der Waals surface area contributed by atoms with E-state index < -0.39 is 36.5 Å². The molecule has 48 heavy (non-hydrogen) atoms. The molecule has 248 valence electrons. The average Bonchev–Trinajstić information content (AvgIpc) is 3.44. The van der Waals surface area contributed by atoms with Crippen LogP contribution in [0, 0.1) is 0 Å². The van der Waals surface area contributed by atoms with Gasteiger partial charge >= 0.3 is 11.9 Å². The molecule has 0 saturated heterocycles. The van der Waals surface area contributed by atoms with Crippen molar-refractivity contribution < 1.29 is 43.5 Å². The minimum absolute atomic E-state index is 0.0125. The van der Waals surface area contributed by atoms with Gasteiger partial charge in [-0.1, -0.05) is 78.9 Å². The minimum atomic E-state index is -1.53. The highest BCUT2D eigenvalue weighted by Gasteiger charge is 2.42. The summed E-state index contributed by atoms with van der Waals surface area (Å²) in [6, 6.07) is 29.2. The molecule has 2 atom stereocenters. The van der Waals surface area contributed by atoms with E-state index in [1.54, 1.807) is 18.2 Å². The van der Waals surface area contributed by atoms with Gasteiger partial charge in [-0.15, -0.1) is 0 Å². The van der Waals surface area contributed by atoms with Crippen LogP contribution in [0.4, 0.5) is 5.69 Å². The molecule has 4 aromatic rings. The van der Waals surface area contributed by atoms with Crippen LogP contribution in [0.2, 0.25) is 0 Å². The van der Waals surface area contributed by atoms with Gasteiger partial charge in [0.2, 0.25) is 5.76 Å². The Morgan fingerprint density at radius 1 is 0.792 bits per heavy atom. The zero-order valence-corrected chi connectivity index (χ0v) is 26.7. The Kier molecular flexibility index (Phi) is 11.1. The summed E-state index contributed by atoms with van der Waals surface area (Å²) in [6.45, 7) is 4.95. The molecule has 10 nitrogen and oxygen atoms in total. The van der Waals surface area contributed by atoms with Gasteiger partial charge in [0.1, 0.15) is 31.7 Å². The summed E-state index contributed by atoms with van der Waals surface area (Å²) in [4.78, 5) is 41.7. The second kappa shape index (κ2) is 15.8. The van der Waals surface area contributed by atoms with Crippen molar-refractivity contribution in [3.63, 3.8) is 0 Å². The number of rotatable bonds is 15. The standard InChI is InChI=1S/C38H37NO9/c1-3-39(4-2)27-19-20-30(31(40)21-27)33(42)28-17-11-12-18-29(28)37(43)47-24-32(41)34-35(45-22-25-13-7-5-8-14-25)36(38(44)48-34)46-23-26-15-9-6-10-16-26/h5-21,32,34,40-41H,3-4,22-24H2,1-2H3. The number of aromatic hydroxyl groups is 1. The number of cyclic esters (lactones) is 1. The summed E-state index contributed by atoms with van der Waals surface area (Å²) < 4.78 is 22.7. The van der Waals surface area contributed by atoms with Crippen LogP contribution in [0.3, 0.4) is 0 Å². The van der Waals surface area contributed by atoms with E-state index in [4.69, 9.17) is 18.9 Å². The first kappa shape index (κ1) is 33.7.